The molecule has 0 atom stereocenters. The highest BCUT2D eigenvalue weighted by atomic mass is 32.1. The molecule has 0 saturated carbocycles. The second kappa shape index (κ2) is 6.14. The Morgan fingerprint density at radius 3 is 3.00 bits per heavy atom. The topological polar surface area (TPSA) is 78.2 Å². The summed E-state index contributed by atoms with van der Waals surface area (Å²) in [5, 5.41) is 14.3. The van der Waals surface area contributed by atoms with Crippen LogP contribution in [0.4, 0.5) is 5.13 Å². The Morgan fingerprint density at radius 1 is 1.61 bits per heavy atom. The van der Waals surface area contributed by atoms with Crippen LogP contribution in [-0.2, 0) is 9.53 Å². The molecule has 1 aromatic heterocycles. The van der Waals surface area contributed by atoms with E-state index in [1.54, 1.807) is 11.1 Å². The van der Waals surface area contributed by atoms with Gasteiger partial charge in [-0.25, -0.2) is 4.98 Å². The van der Waals surface area contributed by atoms with Crippen molar-refractivity contribution in [3.8, 4) is 6.07 Å². The Balaban J connectivity index is 2.01. The van der Waals surface area contributed by atoms with Crippen molar-refractivity contribution < 1.29 is 9.53 Å². The van der Waals surface area contributed by atoms with Crippen molar-refractivity contribution in [2.75, 3.05) is 31.6 Å². The van der Waals surface area contributed by atoms with E-state index in [1.165, 1.54) is 17.5 Å². The van der Waals surface area contributed by atoms with Crippen molar-refractivity contribution in [1.82, 2.24) is 9.88 Å². The van der Waals surface area contributed by atoms with E-state index in [9.17, 15) is 4.79 Å². The molecule has 2 rings (SSSR count). The molecule has 6 nitrogen and oxygen atoms in total. The number of anilines is 1. The summed E-state index contributed by atoms with van der Waals surface area (Å²) in [7, 11) is 0. The lowest BCUT2D eigenvalue weighted by atomic mass is 10.2. The maximum atomic E-state index is 12.0. The summed E-state index contributed by atoms with van der Waals surface area (Å²) in [6, 6.07) is 1.90. The second-order valence-corrected chi connectivity index (χ2v) is 4.45. The number of thiazole rings is 1. The molecular formula is C11H12N4O2S. The molecule has 2 heterocycles. The van der Waals surface area contributed by atoms with Gasteiger partial charge in [-0.3, -0.25) is 4.79 Å². The number of hydrogen-bond acceptors (Lipinski definition) is 6. The minimum Gasteiger partial charge on any atom is -0.378 e. The SMILES string of the molecule is N#C/C(=C/Nc1nccs1)C(=O)N1CCOCC1. The summed E-state index contributed by atoms with van der Waals surface area (Å²) in [5.41, 5.74) is 0.0760. The molecule has 0 aliphatic carbocycles. The highest BCUT2D eigenvalue weighted by molar-refractivity contribution is 7.13. The quantitative estimate of drug-likeness (QED) is 0.646. The van der Waals surface area contributed by atoms with E-state index in [4.69, 9.17) is 10.00 Å². The average molecular weight is 264 g/mol. The van der Waals surface area contributed by atoms with Gasteiger partial charge in [0.25, 0.3) is 5.91 Å². The predicted molar refractivity (Wildman–Crippen MR) is 66.8 cm³/mol. The monoisotopic (exact) mass is 264 g/mol. The van der Waals surface area contributed by atoms with E-state index in [-0.39, 0.29) is 11.5 Å². The first-order valence-electron chi connectivity index (χ1n) is 5.44. The largest absolute Gasteiger partial charge is 0.378 e. The van der Waals surface area contributed by atoms with Crippen LogP contribution in [-0.4, -0.2) is 42.1 Å². The van der Waals surface area contributed by atoms with Gasteiger partial charge in [-0.2, -0.15) is 5.26 Å². The third-order valence-corrected chi connectivity index (χ3v) is 3.13. The van der Waals surface area contributed by atoms with E-state index in [0.717, 1.165) is 0 Å². The molecule has 1 saturated heterocycles. The molecule has 0 radical (unpaired) electrons. The number of aromatic nitrogens is 1. The van der Waals surface area contributed by atoms with Crippen LogP contribution in [0.15, 0.2) is 23.3 Å². The minimum absolute atomic E-state index is 0.0760. The number of carbonyl (C=O) groups excluding carboxylic acids is 1. The van der Waals surface area contributed by atoms with Crippen molar-refractivity contribution in [3.63, 3.8) is 0 Å². The molecule has 1 amide bonds. The fourth-order valence-corrected chi connectivity index (χ4v) is 2.01. The number of ether oxygens (including phenoxy) is 1. The number of morpholine rings is 1. The molecule has 1 fully saturated rings. The van der Waals surface area contributed by atoms with Gasteiger partial charge in [0.05, 0.1) is 13.2 Å². The molecule has 7 heteroatoms. The number of amides is 1. The first-order valence-corrected chi connectivity index (χ1v) is 6.32. The summed E-state index contributed by atoms with van der Waals surface area (Å²) < 4.78 is 5.16. The summed E-state index contributed by atoms with van der Waals surface area (Å²) in [4.78, 5) is 17.6. The Bertz CT molecular complexity index is 472. The summed E-state index contributed by atoms with van der Waals surface area (Å²) in [6.45, 7) is 2.08. The Hall–Kier alpha value is -1.91. The van der Waals surface area contributed by atoms with Crippen LogP contribution in [0.2, 0.25) is 0 Å². The van der Waals surface area contributed by atoms with Crippen LogP contribution in [0.5, 0.6) is 0 Å². The van der Waals surface area contributed by atoms with Crippen LogP contribution in [0.1, 0.15) is 0 Å². The summed E-state index contributed by atoms with van der Waals surface area (Å²) >= 11 is 1.40. The Kier molecular flexibility index (Phi) is 4.28. The summed E-state index contributed by atoms with van der Waals surface area (Å²) in [6.07, 6.45) is 3.05. The molecule has 1 aliphatic rings. The lowest BCUT2D eigenvalue weighted by Gasteiger charge is -2.26. The lowest BCUT2D eigenvalue weighted by molar-refractivity contribution is -0.130. The summed E-state index contributed by atoms with van der Waals surface area (Å²) in [5.74, 6) is -0.273. The van der Waals surface area contributed by atoms with E-state index in [2.05, 4.69) is 10.3 Å². The van der Waals surface area contributed by atoms with Crippen LogP contribution in [0.3, 0.4) is 0 Å². The van der Waals surface area contributed by atoms with Gasteiger partial charge in [0, 0.05) is 30.9 Å². The number of nitriles is 1. The zero-order chi connectivity index (χ0) is 12.8. The maximum Gasteiger partial charge on any atom is 0.266 e. The third kappa shape index (κ3) is 3.06. The van der Waals surface area contributed by atoms with Crippen LogP contribution in [0, 0.1) is 11.3 Å². The van der Waals surface area contributed by atoms with E-state index in [0.29, 0.717) is 31.4 Å². The average Bonchev–Trinajstić information content (AvgIpc) is 2.93. The highest BCUT2D eigenvalue weighted by Crippen LogP contribution is 2.11. The Labute approximate surface area is 108 Å². The third-order valence-electron chi connectivity index (χ3n) is 2.42. The van der Waals surface area contributed by atoms with Gasteiger partial charge >= 0.3 is 0 Å². The van der Waals surface area contributed by atoms with Gasteiger partial charge in [-0.1, -0.05) is 0 Å². The molecule has 1 aliphatic heterocycles. The first kappa shape index (κ1) is 12.5. The number of nitrogens with zero attached hydrogens (tertiary/aromatic N) is 3. The van der Waals surface area contributed by atoms with Gasteiger partial charge in [-0.05, 0) is 0 Å². The number of carbonyl (C=O) groups is 1. The molecule has 0 aromatic carbocycles. The van der Waals surface area contributed by atoms with Crippen LogP contribution in [0.25, 0.3) is 0 Å². The predicted octanol–water partition coefficient (Wildman–Crippen LogP) is 0.821. The number of nitrogens with one attached hydrogen (secondary N) is 1. The maximum absolute atomic E-state index is 12.0. The van der Waals surface area contributed by atoms with Gasteiger partial charge in [0.1, 0.15) is 11.6 Å². The van der Waals surface area contributed by atoms with E-state index >= 15 is 0 Å². The molecule has 1 aromatic rings. The molecule has 0 spiro atoms. The van der Waals surface area contributed by atoms with Gasteiger partial charge in [-0.15, -0.1) is 11.3 Å². The molecule has 18 heavy (non-hydrogen) atoms. The van der Waals surface area contributed by atoms with Gasteiger partial charge < -0.3 is 15.0 Å². The second-order valence-electron chi connectivity index (χ2n) is 3.56. The first-order chi connectivity index (χ1) is 8.81. The van der Waals surface area contributed by atoms with Crippen molar-refractivity contribution in [2.24, 2.45) is 0 Å². The van der Waals surface area contributed by atoms with E-state index in [1.807, 2.05) is 11.4 Å². The normalized spacial score (nSPS) is 16.2. The van der Waals surface area contributed by atoms with Crippen molar-refractivity contribution >= 4 is 22.4 Å². The smallest absolute Gasteiger partial charge is 0.266 e. The van der Waals surface area contributed by atoms with Gasteiger partial charge in [0.2, 0.25) is 0 Å². The van der Waals surface area contributed by atoms with Crippen LogP contribution >= 0.6 is 11.3 Å². The standard InChI is InChI=1S/C11H12N4O2S/c12-7-9(8-14-11-13-1-6-18-11)10(16)15-2-4-17-5-3-15/h1,6,8H,2-5H2,(H,13,14)/b9-8-. The molecule has 0 bridgehead atoms. The fraction of sp³-hybridized carbons (Fsp3) is 0.364. The highest BCUT2D eigenvalue weighted by Gasteiger charge is 2.20. The van der Waals surface area contributed by atoms with E-state index < -0.39 is 0 Å². The van der Waals surface area contributed by atoms with Crippen molar-refractivity contribution in [2.45, 2.75) is 0 Å². The molecule has 0 unspecified atom stereocenters. The zero-order valence-electron chi connectivity index (χ0n) is 9.63. The Morgan fingerprint density at radius 2 is 2.39 bits per heavy atom. The molecular weight excluding hydrogens is 252 g/mol. The minimum atomic E-state index is -0.273. The number of hydrogen-bond donors (Lipinski definition) is 1. The number of rotatable bonds is 3. The fourth-order valence-electron chi connectivity index (χ4n) is 1.51. The van der Waals surface area contributed by atoms with Crippen LogP contribution < -0.4 is 5.32 Å². The zero-order valence-corrected chi connectivity index (χ0v) is 10.4. The molecule has 94 valence electrons. The van der Waals surface area contributed by atoms with Gasteiger partial charge in [0.15, 0.2) is 5.13 Å². The van der Waals surface area contributed by atoms with Crippen molar-refractivity contribution in [3.05, 3.63) is 23.3 Å². The van der Waals surface area contributed by atoms with Crippen molar-refractivity contribution in [1.29, 1.82) is 5.26 Å². The lowest BCUT2D eigenvalue weighted by Crippen LogP contribution is -2.41. The molecule has 1 N–H and O–H groups in total.